The zero-order valence-corrected chi connectivity index (χ0v) is 19.5. The van der Waals surface area contributed by atoms with Gasteiger partial charge < -0.3 is 9.88 Å². The minimum Gasteiger partial charge on any atom is -0.348 e. The Balaban J connectivity index is 1.78. The molecule has 3 aromatic rings. The van der Waals surface area contributed by atoms with Crippen LogP contribution in [0.25, 0.3) is 5.69 Å². The molecule has 3 rings (SSSR count). The number of rotatable bonds is 8. The summed E-state index contributed by atoms with van der Waals surface area (Å²) in [4.78, 5) is 16.8. The number of aryl methyl sites for hydroxylation is 1. The Bertz CT molecular complexity index is 1240. The molecule has 0 aliphatic carbocycles. The number of halogens is 2. The summed E-state index contributed by atoms with van der Waals surface area (Å²) in [6.07, 6.45) is 3.25. The summed E-state index contributed by atoms with van der Waals surface area (Å²) in [7, 11) is -3.74. The molecule has 2 aromatic carbocycles. The summed E-state index contributed by atoms with van der Waals surface area (Å²) in [6, 6.07) is 8.65. The molecule has 0 radical (unpaired) electrons. The van der Waals surface area contributed by atoms with E-state index in [1.54, 1.807) is 49.9 Å². The Morgan fingerprint density at radius 3 is 2.50 bits per heavy atom. The van der Waals surface area contributed by atoms with Gasteiger partial charge in [0.1, 0.15) is 11.6 Å². The van der Waals surface area contributed by atoms with Gasteiger partial charge in [0.15, 0.2) is 0 Å². The van der Waals surface area contributed by atoms with Gasteiger partial charge in [0.05, 0.1) is 21.2 Å². The molecule has 7 nitrogen and oxygen atoms in total. The second-order valence-electron chi connectivity index (χ2n) is 7.04. The van der Waals surface area contributed by atoms with Gasteiger partial charge in [-0.15, -0.1) is 0 Å². The fraction of sp³-hybridized carbons (Fsp3) is 0.273. The highest BCUT2D eigenvalue weighted by atomic mass is 35.5. The number of hydrogen-bond donors (Lipinski definition) is 1. The lowest BCUT2D eigenvalue weighted by molar-refractivity contribution is 0.0950. The van der Waals surface area contributed by atoms with E-state index in [0.717, 1.165) is 0 Å². The second kappa shape index (κ2) is 9.81. The lowest BCUT2D eigenvalue weighted by atomic mass is 10.1. The Labute approximate surface area is 191 Å². The molecule has 32 heavy (non-hydrogen) atoms. The number of benzene rings is 2. The number of amides is 1. The number of sulfonamides is 1. The zero-order valence-electron chi connectivity index (χ0n) is 18.0. The predicted molar refractivity (Wildman–Crippen MR) is 121 cm³/mol. The van der Waals surface area contributed by atoms with Crippen molar-refractivity contribution >= 4 is 27.5 Å². The SMILES string of the molecule is CCN(CC)S(=O)(=O)c1ccc(Cl)c(C(=O)NCc2ccc(-n3ccnc3C)c(F)c2)c1. The molecule has 0 spiro atoms. The number of hydrogen-bond acceptors (Lipinski definition) is 4. The van der Waals surface area contributed by atoms with Crippen molar-refractivity contribution in [3.63, 3.8) is 0 Å². The van der Waals surface area contributed by atoms with Gasteiger partial charge in [-0.2, -0.15) is 4.31 Å². The van der Waals surface area contributed by atoms with Crippen LogP contribution in [0.5, 0.6) is 0 Å². The van der Waals surface area contributed by atoms with Crippen molar-refractivity contribution in [2.24, 2.45) is 0 Å². The number of carbonyl (C=O) groups is 1. The predicted octanol–water partition coefficient (Wildman–Crippen LogP) is 3.93. The molecule has 1 amide bonds. The average molecular weight is 479 g/mol. The molecule has 1 N–H and O–H groups in total. The molecule has 0 unspecified atom stereocenters. The number of nitrogens with one attached hydrogen (secondary N) is 1. The third kappa shape index (κ3) is 4.85. The Morgan fingerprint density at radius 1 is 1.19 bits per heavy atom. The van der Waals surface area contributed by atoms with Gasteiger partial charge in [0.2, 0.25) is 10.0 Å². The molecule has 0 fully saturated rings. The topological polar surface area (TPSA) is 84.3 Å². The maximum Gasteiger partial charge on any atom is 0.253 e. The summed E-state index contributed by atoms with van der Waals surface area (Å²) >= 11 is 6.15. The summed E-state index contributed by atoms with van der Waals surface area (Å²) in [5.74, 6) is -0.358. The van der Waals surface area contributed by atoms with E-state index in [-0.39, 0.29) is 22.0 Å². The summed E-state index contributed by atoms with van der Waals surface area (Å²) in [5.41, 5.74) is 0.930. The van der Waals surface area contributed by atoms with Crippen LogP contribution >= 0.6 is 11.6 Å². The molecule has 0 bridgehead atoms. The van der Waals surface area contributed by atoms with E-state index in [1.807, 2.05) is 0 Å². The third-order valence-electron chi connectivity index (χ3n) is 5.08. The minimum absolute atomic E-state index is 0.0122. The van der Waals surface area contributed by atoms with Crippen molar-refractivity contribution < 1.29 is 17.6 Å². The lowest BCUT2D eigenvalue weighted by Crippen LogP contribution is -2.31. The molecule has 0 atom stereocenters. The molecule has 1 aromatic heterocycles. The highest BCUT2D eigenvalue weighted by Crippen LogP contribution is 2.23. The van der Waals surface area contributed by atoms with E-state index < -0.39 is 21.7 Å². The number of imidazole rings is 1. The molecule has 0 aliphatic heterocycles. The normalized spacial score (nSPS) is 11.7. The van der Waals surface area contributed by atoms with Crippen LogP contribution in [0, 0.1) is 12.7 Å². The monoisotopic (exact) mass is 478 g/mol. The number of aromatic nitrogens is 2. The van der Waals surface area contributed by atoms with Crippen LogP contribution in [0.4, 0.5) is 4.39 Å². The van der Waals surface area contributed by atoms with Crippen LogP contribution in [0.1, 0.15) is 35.6 Å². The van der Waals surface area contributed by atoms with E-state index in [1.165, 1.54) is 28.6 Å². The lowest BCUT2D eigenvalue weighted by Gasteiger charge is -2.19. The third-order valence-corrected chi connectivity index (χ3v) is 7.45. The molecule has 0 saturated carbocycles. The Morgan fingerprint density at radius 2 is 1.91 bits per heavy atom. The van der Waals surface area contributed by atoms with Crippen LogP contribution in [0.3, 0.4) is 0 Å². The van der Waals surface area contributed by atoms with E-state index in [4.69, 9.17) is 11.6 Å². The quantitative estimate of drug-likeness (QED) is 0.531. The van der Waals surface area contributed by atoms with Gasteiger partial charge in [-0.05, 0) is 42.8 Å². The van der Waals surface area contributed by atoms with Gasteiger partial charge in [-0.1, -0.05) is 31.5 Å². The van der Waals surface area contributed by atoms with Crippen LogP contribution in [-0.4, -0.2) is 41.3 Å². The van der Waals surface area contributed by atoms with Crippen molar-refractivity contribution in [1.82, 2.24) is 19.2 Å². The first-order valence-electron chi connectivity index (χ1n) is 10.1. The first-order valence-corrected chi connectivity index (χ1v) is 11.9. The zero-order chi connectivity index (χ0) is 23.5. The second-order valence-corrected chi connectivity index (χ2v) is 9.39. The van der Waals surface area contributed by atoms with Gasteiger partial charge in [0, 0.05) is 32.0 Å². The number of nitrogens with zero attached hydrogens (tertiary/aromatic N) is 3. The highest BCUT2D eigenvalue weighted by molar-refractivity contribution is 7.89. The van der Waals surface area contributed by atoms with E-state index in [0.29, 0.717) is 30.2 Å². The fourth-order valence-corrected chi connectivity index (χ4v) is 5.01. The van der Waals surface area contributed by atoms with Crippen LogP contribution in [-0.2, 0) is 16.6 Å². The van der Waals surface area contributed by atoms with Crippen LogP contribution in [0.15, 0.2) is 53.7 Å². The van der Waals surface area contributed by atoms with E-state index >= 15 is 0 Å². The van der Waals surface area contributed by atoms with Gasteiger partial charge >= 0.3 is 0 Å². The molecule has 0 aliphatic rings. The van der Waals surface area contributed by atoms with Gasteiger partial charge in [0.25, 0.3) is 5.91 Å². The van der Waals surface area contributed by atoms with E-state index in [2.05, 4.69) is 10.3 Å². The molecule has 1 heterocycles. The standard InChI is InChI=1S/C22H24ClFN4O3S/c1-4-27(5-2)32(30,31)17-7-8-19(23)18(13-17)22(29)26-14-16-6-9-21(20(24)12-16)28-11-10-25-15(28)3/h6-13H,4-5,14H2,1-3H3,(H,26,29). The van der Waals surface area contributed by atoms with Crippen LogP contribution in [0.2, 0.25) is 5.02 Å². The average Bonchev–Trinajstić information content (AvgIpc) is 3.18. The van der Waals surface area contributed by atoms with Crippen molar-refractivity contribution in [1.29, 1.82) is 0 Å². The maximum atomic E-state index is 14.6. The first kappa shape index (κ1) is 23.9. The summed E-state index contributed by atoms with van der Waals surface area (Å²) < 4.78 is 43.0. The highest BCUT2D eigenvalue weighted by Gasteiger charge is 2.24. The van der Waals surface area contributed by atoms with Crippen molar-refractivity contribution in [3.8, 4) is 5.69 Å². The first-order chi connectivity index (χ1) is 15.2. The minimum atomic E-state index is -3.74. The molecule has 10 heteroatoms. The van der Waals surface area contributed by atoms with Crippen LogP contribution < -0.4 is 5.32 Å². The van der Waals surface area contributed by atoms with Crippen molar-refractivity contribution in [2.75, 3.05) is 13.1 Å². The smallest absolute Gasteiger partial charge is 0.253 e. The number of carbonyl (C=O) groups excluding carboxylic acids is 1. The molecule has 170 valence electrons. The largest absolute Gasteiger partial charge is 0.348 e. The van der Waals surface area contributed by atoms with E-state index in [9.17, 15) is 17.6 Å². The van der Waals surface area contributed by atoms with Gasteiger partial charge in [-0.3, -0.25) is 4.79 Å². The van der Waals surface area contributed by atoms with Gasteiger partial charge in [-0.25, -0.2) is 17.8 Å². The van der Waals surface area contributed by atoms with Crippen molar-refractivity contribution in [3.05, 3.63) is 76.6 Å². The Kier molecular flexibility index (Phi) is 7.33. The summed E-state index contributed by atoms with van der Waals surface area (Å²) in [6.45, 7) is 5.91. The molecular formula is C22H24ClFN4O3S. The summed E-state index contributed by atoms with van der Waals surface area (Å²) in [5, 5.41) is 2.79. The maximum absolute atomic E-state index is 14.6. The van der Waals surface area contributed by atoms with Crippen molar-refractivity contribution in [2.45, 2.75) is 32.2 Å². The Hall–Kier alpha value is -2.75. The fourth-order valence-electron chi connectivity index (χ4n) is 3.32. The molecule has 0 saturated heterocycles. The molecular weight excluding hydrogens is 455 g/mol.